The molecule has 0 radical (unpaired) electrons. The molecule has 0 spiro atoms. The molecule has 7 heteroatoms. The van der Waals surface area contributed by atoms with Crippen molar-refractivity contribution in [3.8, 4) is 11.3 Å². The summed E-state index contributed by atoms with van der Waals surface area (Å²) in [4.78, 5) is 23.2. The van der Waals surface area contributed by atoms with E-state index >= 15 is 0 Å². The van der Waals surface area contributed by atoms with Gasteiger partial charge >= 0.3 is 0 Å². The fourth-order valence-electron chi connectivity index (χ4n) is 2.57. The van der Waals surface area contributed by atoms with Gasteiger partial charge in [-0.15, -0.1) is 11.3 Å². The summed E-state index contributed by atoms with van der Waals surface area (Å²) >= 11 is 7.45. The number of nitrogens with zero attached hydrogens (tertiary/aromatic N) is 3. The highest BCUT2D eigenvalue weighted by Crippen LogP contribution is 2.23. The summed E-state index contributed by atoms with van der Waals surface area (Å²) in [5.74, 6) is 1.09. The highest BCUT2D eigenvalue weighted by molar-refractivity contribution is 7.18. The monoisotopic (exact) mass is 371 g/mol. The van der Waals surface area contributed by atoms with Gasteiger partial charge in [0.25, 0.3) is 5.56 Å². The van der Waals surface area contributed by atoms with E-state index in [-0.39, 0.29) is 12.1 Å². The normalized spacial score (nSPS) is 11.3. The molecule has 0 aliphatic carbocycles. The first-order chi connectivity index (χ1) is 12.1. The van der Waals surface area contributed by atoms with Crippen molar-refractivity contribution in [3.63, 3.8) is 0 Å². The Labute approximate surface area is 152 Å². The summed E-state index contributed by atoms with van der Waals surface area (Å²) in [7, 11) is 0. The standard InChI is InChI=1S/C18H14ClN3O2S/c1-2-13-7-14-17(25-13)21-10-22(18(14)23)9-16-20-8-15(24-16)11-3-5-12(19)6-4-11/h3-8,10H,2,9H2,1H3. The molecule has 0 aliphatic heterocycles. The minimum atomic E-state index is -0.0767. The Balaban J connectivity index is 1.64. The predicted molar refractivity (Wildman–Crippen MR) is 99.3 cm³/mol. The predicted octanol–water partition coefficient (Wildman–Crippen LogP) is 4.38. The van der Waals surface area contributed by atoms with E-state index in [1.54, 1.807) is 36.0 Å². The minimum absolute atomic E-state index is 0.0767. The number of aryl methyl sites for hydroxylation is 1. The van der Waals surface area contributed by atoms with Gasteiger partial charge in [0.15, 0.2) is 5.76 Å². The van der Waals surface area contributed by atoms with Crippen molar-refractivity contribution in [2.75, 3.05) is 0 Å². The smallest absolute Gasteiger partial charge is 0.262 e. The van der Waals surface area contributed by atoms with Gasteiger partial charge in [0.05, 0.1) is 17.9 Å². The van der Waals surface area contributed by atoms with E-state index in [9.17, 15) is 4.79 Å². The highest BCUT2D eigenvalue weighted by atomic mass is 35.5. The van der Waals surface area contributed by atoms with E-state index in [1.807, 2.05) is 18.2 Å². The second-order valence-corrected chi connectivity index (χ2v) is 7.14. The third kappa shape index (κ3) is 3.10. The van der Waals surface area contributed by atoms with E-state index in [1.165, 1.54) is 4.57 Å². The number of thiophene rings is 1. The van der Waals surface area contributed by atoms with Crippen molar-refractivity contribution in [2.24, 2.45) is 0 Å². The average Bonchev–Trinajstić information content (AvgIpc) is 3.25. The topological polar surface area (TPSA) is 60.9 Å². The molecule has 3 aromatic heterocycles. The number of halogens is 1. The van der Waals surface area contributed by atoms with Crippen LogP contribution in [-0.2, 0) is 13.0 Å². The van der Waals surface area contributed by atoms with Crippen LogP contribution in [0.4, 0.5) is 0 Å². The quantitative estimate of drug-likeness (QED) is 0.534. The molecule has 0 N–H and O–H groups in total. The molecule has 3 heterocycles. The Morgan fingerprint density at radius 3 is 2.80 bits per heavy atom. The molecule has 0 saturated carbocycles. The molecule has 25 heavy (non-hydrogen) atoms. The molecular weight excluding hydrogens is 358 g/mol. The highest BCUT2D eigenvalue weighted by Gasteiger charge is 2.11. The Morgan fingerprint density at radius 2 is 2.04 bits per heavy atom. The van der Waals surface area contributed by atoms with Gasteiger partial charge < -0.3 is 4.42 Å². The number of hydrogen-bond donors (Lipinski definition) is 0. The molecule has 126 valence electrons. The second-order valence-electron chi connectivity index (χ2n) is 5.59. The van der Waals surface area contributed by atoms with Gasteiger partial charge in [0, 0.05) is 15.5 Å². The average molecular weight is 372 g/mol. The van der Waals surface area contributed by atoms with Crippen molar-refractivity contribution in [2.45, 2.75) is 19.9 Å². The molecule has 4 rings (SSSR count). The number of fused-ring (bicyclic) bond motifs is 1. The lowest BCUT2D eigenvalue weighted by molar-refractivity contribution is 0.484. The van der Waals surface area contributed by atoms with Crippen LogP contribution in [0.5, 0.6) is 0 Å². The van der Waals surface area contributed by atoms with Crippen molar-refractivity contribution in [3.05, 3.63) is 69.0 Å². The number of aromatic nitrogens is 3. The van der Waals surface area contributed by atoms with Crippen LogP contribution in [-0.4, -0.2) is 14.5 Å². The van der Waals surface area contributed by atoms with E-state index in [4.69, 9.17) is 16.0 Å². The molecule has 4 aromatic rings. The number of rotatable bonds is 4. The summed E-state index contributed by atoms with van der Waals surface area (Å²) in [6.07, 6.45) is 4.09. The van der Waals surface area contributed by atoms with Gasteiger partial charge in [0.2, 0.25) is 5.89 Å². The summed E-state index contributed by atoms with van der Waals surface area (Å²) in [6.45, 7) is 2.31. The Kier molecular flexibility index (Phi) is 4.15. The SMILES string of the molecule is CCc1cc2c(=O)n(Cc3ncc(-c4ccc(Cl)cc4)o3)cnc2s1. The first-order valence-electron chi connectivity index (χ1n) is 7.82. The summed E-state index contributed by atoms with van der Waals surface area (Å²) in [5, 5.41) is 1.31. The lowest BCUT2D eigenvalue weighted by Crippen LogP contribution is -2.20. The van der Waals surface area contributed by atoms with Gasteiger partial charge in [-0.05, 0) is 36.8 Å². The Morgan fingerprint density at radius 1 is 1.24 bits per heavy atom. The van der Waals surface area contributed by atoms with Crippen molar-refractivity contribution in [1.29, 1.82) is 0 Å². The van der Waals surface area contributed by atoms with E-state index < -0.39 is 0 Å². The van der Waals surface area contributed by atoms with Gasteiger partial charge in [-0.25, -0.2) is 9.97 Å². The number of hydrogen-bond acceptors (Lipinski definition) is 5. The van der Waals surface area contributed by atoms with Gasteiger partial charge in [0.1, 0.15) is 11.4 Å². The molecule has 0 amide bonds. The molecule has 0 saturated heterocycles. The van der Waals surface area contributed by atoms with Crippen LogP contribution in [0.3, 0.4) is 0 Å². The van der Waals surface area contributed by atoms with Gasteiger partial charge in [-0.2, -0.15) is 0 Å². The van der Waals surface area contributed by atoms with E-state index in [2.05, 4.69) is 16.9 Å². The molecule has 0 atom stereocenters. The fourth-order valence-corrected chi connectivity index (χ4v) is 3.62. The number of benzene rings is 1. The van der Waals surface area contributed by atoms with Crippen LogP contribution in [0.25, 0.3) is 21.5 Å². The zero-order chi connectivity index (χ0) is 17.4. The molecule has 5 nitrogen and oxygen atoms in total. The van der Waals surface area contributed by atoms with Crippen LogP contribution in [0.1, 0.15) is 17.7 Å². The molecular formula is C18H14ClN3O2S. The maximum Gasteiger partial charge on any atom is 0.262 e. The van der Waals surface area contributed by atoms with Crippen LogP contribution in [0.15, 0.2) is 52.1 Å². The lowest BCUT2D eigenvalue weighted by atomic mass is 10.2. The minimum Gasteiger partial charge on any atom is -0.439 e. The fraction of sp³-hybridized carbons (Fsp3) is 0.167. The first kappa shape index (κ1) is 16.1. The molecule has 0 aliphatic rings. The maximum absolute atomic E-state index is 12.6. The Hall–Kier alpha value is -2.44. The van der Waals surface area contributed by atoms with Crippen molar-refractivity contribution >= 4 is 33.2 Å². The van der Waals surface area contributed by atoms with Gasteiger partial charge in [-0.1, -0.05) is 18.5 Å². The van der Waals surface area contributed by atoms with Crippen LogP contribution in [0.2, 0.25) is 5.02 Å². The molecule has 0 fully saturated rings. The number of oxazole rings is 1. The summed E-state index contributed by atoms with van der Waals surface area (Å²) in [6, 6.07) is 9.24. The second kappa shape index (κ2) is 6.46. The largest absolute Gasteiger partial charge is 0.439 e. The van der Waals surface area contributed by atoms with Crippen LogP contribution >= 0.6 is 22.9 Å². The lowest BCUT2D eigenvalue weighted by Gasteiger charge is -2.01. The summed E-state index contributed by atoms with van der Waals surface area (Å²) < 4.78 is 7.29. The van der Waals surface area contributed by atoms with Crippen LogP contribution in [0, 0.1) is 0 Å². The van der Waals surface area contributed by atoms with E-state index in [0.29, 0.717) is 22.1 Å². The maximum atomic E-state index is 12.6. The zero-order valence-electron chi connectivity index (χ0n) is 13.4. The molecule has 1 aromatic carbocycles. The molecule has 0 unspecified atom stereocenters. The summed E-state index contributed by atoms with van der Waals surface area (Å²) in [5.41, 5.74) is 0.807. The third-order valence-electron chi connectivity index (χ3n) is 3.91. The van der Waals surface area contributed by atoms with Gasteiger partial charge in [-0.3, -0.25) is 9.36 Å². The third-order valence-corrected chi connectivity index (χ3v) is 5.34. The Bertz CT molecular complexity index is 1100. The van der Waals surface area contributed by atoms with Crippen molar-refractivity contribution in [1.82, 2.24) is 14.5 Å². The zero-order valence-corrected chi connectivity index (χ0v) is 15.0. The van der Waals surface area contributed by atoms with Crippen LogP contribution < -0.4 is 5.56 Å². The molecule has 0 bridgehead atoms. The first-order valence-corrected chi connectivity index (χ1v) is 9.02. The van der Waals surface area contributed by atoms with E-state index in [0.717, 1.165) is 21.7 Å². The van der Waals surface area contributed by atoms with Crippen molar-refractivity contribution < 1.29 is 4.42 Å².